The quantitative estimate of drug-likeness (QED) is 0.0666. The fraction of sp³-hybridized carbons (Fsp3) is 0.708. The smallest absolute Gasteiger partial charge is 0.323 e. The van der Waals surface area contributed by atoms with Crippen LogP contribution in [-0.2, 0) is 47.7 Å². The van der Waals surface area contributed by atoms with E-state index in [0.717, 1.165) is 49.7 Å². The zero-order valence-electron chi connectivity index (χ0n) is 93.0. The number of hydrogen-bond donors (Lipinski definition) is 3. The van der Waals surface area contributed by atoms with Crippen molar-refractivity contribution in [1.29, 1.82) is 0 Å². The van der Waals surface area contributed by atoms with Gasteiger partial charge in [-0.3, -0.25) is 29.1 Å². The van der Waals surface area contributed by atoms with Crippen molar-refractivity contribution in [2.75, 3.05) is 81.6 Å². The summed E-state index contributed by atoms with van der Waals surface area (Å²) in [5.41, 5.74) is 16.2. The summed E-state index contributed by atoms with van der Waals surface area (Å²) in [5.74, 6) is -19.5. The Hall–Kier alpha value is -5.37. The maximum atomic E-state index is 13.1. The number of benzene rings is 3. The number of nitrogens with two attached hydrogens (primary N) is 3. The van der Waals surface area contributed by atoms with Crippen molar-refractivity contribution in [1.82, 2.24) is 14.7 Å². The van der Waals surface area contributed by atoms with Crippen molar-refractivity contribution in [2.45, 2.75) is 195 Å². The van der Waals surface area contributed by atoms with Crippen molar-refractivity contribution >= 4 is 17.9 Å². The molecule has 90 heavy (non-hydrogen) atoms. The third-order valence-corrected chi connectivity index (χ3v) is 16.1. The van der Waals surface area contributed by atoms with Crippen LogP contribution in [-0.4, -0.2) is 151 Å². The highest BCUT2D eigenvalue weighted by atomic mass is 16.6. The van der Waals surface area contributed by atoms with E-state index in [0.29, 0.717) is 5.56 Å². The molecule has 6 heterocycles. The predicted octanol–water partition coefficient (Wildman–Crippen LogP) is 10.7. The molecule has 0 radical (unpaired) electrons. The fourth-order valence-electron chi connectivity index (χ4n) is 11.0. The first-order valence-electron chi connectivity index (χ1n) is 49.5. The maximum Gasteiger partial charge on any atom is 0.323 e. The van der Waals surface area contributed by atoms with Gasteiger partial charge in [0.25, 0.3) is 0 Å². The summed E-state index contributed by atoms with van der Waals surface area (Å²) < 4.78 is 384. The zero-order valence-corrected chi connectivity index (χ0v) is 53.0. The molecule has 12 unspecified atom stereocenters. The molecular formula is C72H114N6O12. The van der Waals surface area contributed by atoms with Crippen LogP contribution in [0.5, 0.6) is 34.5 Å². The van der Waals surface area contributed by atoms with Crippen LogP contribution in [0.25, 0.3) is 0 Å². The highest BCUT2D eigenvalue weighted by Crippen LogP contribution is 2.48. The molecule has 18 nitrogen and oxygen atoms in total. The average molecular weight is 1300 g/mol. The average Bonchev–Trinajstić information content (AvgIpc) is 0.702. The molecule has 0 amide bonds. The normalized spacial score (nSPS) is 37.9. The molecule has 3 fully saturated rings. The number of nitrogens with zero attached hydrogens (tertiary/aromatic N) is 3. The monoisotopic (exact) mass is 1300 g/mol. The SMILES string of the molecule is [2H]C([2H])([2H])C([2H])(C)C([2H])([2H])C1CN2C(CC1OC(=O)[C@@H](N)C(C)C)c1cc(OC)c(OC)cc1C([2H])([2H])C2([2H])[2H].[2H]c1c(OC)c(OC([2H])([2H])[2H])c([2H])c2c1C1CC(OC(=O)[C@@H](N)C(C)C)C(C([2H])([2H])C([2H])(C)C([2H])([2H])[2H])CN1C([2H])([2H])C2([2H])[2H].[2H]c1c(OC)c(OC([2H])([2H])[2H])c([2H])c2c1C1CC(OC(=O)[C@@H](N)C(C)C)C(C([2H])([2H])C([2H])(C)C([2H])([2H])[2H])CN1C([2H])([2H])C2([2H])[2H]. The Balaban J connectivity index is 0.000000267. The molecule has 6 N–H and O–H groups in total. The number of aryl methyl sites for hydroxylation is 1. The summed E-state index contributed by atoms with van der Waals surface area (Å²) in [7, 11) is -1.42. The van der Waals surface area contributed by atoms with Gasteiger partial charge < -0.3 is 59.8 Å². The standard InChI is InChI=1S/3C24H38N2O4/c3*1-14(2)9-17-13-26-8-7-16-10-21(28-5)22(29-6)11-18(16)19(26)12-20(17)30-24(27)23(25)15(3)4/h3*10-11,14-15,17,19-20,23H,7-9,12-13,25H2,1-6H3/t3*17?,19?,20?,23-/m000/s1/i2*1D3,5D3,7D2,8D2,9D2,10D,11D,14D;1D3,7D2,8D2,9D2,14D/t3*14?,17?,19?,20?,23-. The van der Waals surface area contributed by atoms with E-state index in [-0.39, 0.29) is 40.5 Å². The fourth-order valence-corrected chi connectivity index (χ4v) is 11.0. The lowest BCUT2D eigenvalue weighted by Gasteiger charge is -2.47. The van der Waals surface area contributed by atoms with Gasteiger partial charge in [0.1, 0.15) is 36.4 Å². The highest BCUT2D eigenvalue weighted by Gasteiger charge is 2.45. The van der Waals surface area contributed by atoms with Gasteiger partial charge in [-0.1, -0.05) is 82.9 Å². The number of carbonyl (C=O) groups is 3. The Morgan fingerprint density at radius 2 is 0.800 bits per heavy atom. The summed E-state index contributed by atoms with van der Waals surface area (Å²) in [6.45, 7) is -7.94. The lowest BCUT2D eigenvalue weighted by molar-refractivity contribution is -0.161. The second kappa shape index (κ2) is 32.5. The third-order valence-electron chi connectivity index (χ3n) is 16.1. The van der Waals surface area contributed by atoms with Gasteiger partial charge in [0, 0.05) is 135 Å². The number of ether oxygens (including phenoxy) is 9. The topological polar surface area (TPSA) is 222 Å². The summed E-state index contributed by atoms with van der Waals surface area (Å²) in [4.78, 5) is 42.0. The Kier molecular flexibility index (Phi) is 12.5. The van der Waals surface area contributed by atoms with E-state index >= 15 is 0 Å². The maximum absolute atomic E-state index is 13.1. The van der Waals surface area contributed by atoms with E-state index in [4.69, 9.17) is 115 Å². The van der Waals surface area contributed by atoms with E-state index in [9.17, 15) is 14.4 Å². The molecule has 3 aromatic rings. The lowest BCUT2D eigenvalue weighted by Crippen LogP contribution is -2.51. The molecule has 0 saturated carbocycles. The summed E-state index contributed by atoms with van der Waals surface area (Å²) >= 11 is 0. The largest absolute Gasteiger partial charge is 0.493 e. The van der Waals surface area contributed by atoms with Gasteiger partial charge in [0.15, 0.2) is 34.5 Å². The zero-order chi connectivity index (χ0) is 101. The van der Waals surface area contributed by atoms with Gasteiger partial charge in [-0.2, -0.15) is 0 Å². The van der Waals surface area contributed by atoms with Crippen LogP contribution in [0, 0.1) is 53.2 Å². The molecule has 0 spiro atoms. The summed E-state index contributed by atoms with van der Waals surface area (Å²) in [6, 6.07) is -7.33. The highest BCUT2D eigenvalue weighted by molar-refractivity contribution is 5.77. The van der Waals surface area contributed by atoms with E-state index in [1.54, 1.807) is 41.5 Å². The third kappa shape index (κ3) is 17.5. The minimum atomic E-state index is -3.20. The van der Waals surface area contributed by atoms with Crippen LogP contribution in [0.4, 0.5) is 0 Å². The minimum absolute atomic E-state index is 0.00496. The van der Waals surface area contributed by atoms with Gasteiger partial charge >= 0.3 is 17.9 Å². The first kappa shape index (κ1) is 34.7. The van der Waals surface area contributed by atoms with Gasteiger partial charge in [0.2, 0.25) is 0 Å². The number of carbonyl (C=O) groups excluding carboxylic acids is 3. The van der Waals surface area contributed by atoms with Crippen LogP contribution in [0.2, 0.25) is 0 Å². The van der Waals surface area contributed by atoms with Gasteiger partial charge in [-0.15, -0.1) is 0 Å². The molecule has 0 aliphatic carbocycles. The first-order chi connectivity index (χ1) is 58.2. The van der Waals surface area contributed by atoms with Crippen molar-refractivity contribution in [3.63, 3.8) is 0 Å². The van der Waals surface area contributed by atoms with Crippen molar-refractivity contribution in [3.05, 3.63) is 69.7 Å². The summed E-state index contributed by atoms with van der Waals surface area (Å²) in [5, 5.41) is 0. The number of piperidine rings is 3. The Bertz CT molecular complexity index is 4450. The van der Waals surface area contributed by atoms with Gasteiger partial charge in [-0.05, 0) is 143 Å². The van der Waals surface area contributed by atoms with E-state index in [1.165, 1.54) is 26.4 Å². The minimum Gasteiger partial charge on any atom is -0.493 e. The molecule has 6 aliphatic heterocycles. The molecule has 18 heteroatoms. The molecule has 504 valence electrons. The van der Waals surface area contributed by atoms with Crippen LogP contribution >= 0.6 is 0 Å². The molecule has 9 rings (SSSR count). The van der Waals surface area contributed by atoms with Crippen molar-refractivity contribution in [2.24, 2.45) is 70.4 Å². The summed E-state index contributed by atoms with van der Waals surface area (Å²) in [6.07, 6.45) is -23.5. The van der Waals surface area contributed by atoms with E-state index < -0.39 is 303 Å². The van der Waals surface area contributed by atoms with Crippen LogP contribution < -0.4 is 45.6 Å². The Morgan fingerprint density at radius 3 is 1.11 bits per heavy atom. The Labute approximate surface area is 595 Å². The Morgan fingerprint density at radius 1 is 0.489 bits per heavy atom. The van der Waals surface area contributed by atoms with E-state index in [2.05, 4.69) is 0 Å². The van der Waals surface area contributed by atoms with Crippen LogP contribution in [0.3, 0.4) is 0 Å². The number of esters is 3. The van der Waals surface area contributed by atoms with Crippen LogP contribution in [0.15, 0.2) is 36.3 Å². The lowest BCUT2D eigenvalue weighted by atomic mass is 9.79. The number of fused-ring (bicyclic) bond motifs is 9. The van der Waals surface area contributed by atoms with Crippen molar-refractivity contribution < 1.29 is 112 Å². The van der Waals surface area contributed by atoms with Gasteiger partial charge in [-0.25, -0.2) is 0 Å². The number of hydrogen-bond acceptors (Lipinski definition) is 18. The van der Waals surface area contributed by atoms with Crippen molar-refractivity contribution in [3.8, 4) is 34.5 Å². The van der Waals surface area contributed by atoms with Gasteiger partial charge in [0.05, 0.1) is 56.2 Å². The first-order valence-corrected chi connectivity index (χ1v) is 29.5. The second-order valence-electron chi connectivity index (χ2n) is 23.6. The second-order valence-corrected chi connectivity index (χ2v) is 23.6. The molecule has 3 aromatic carbocycles. The molecular weight excluding hydrogens is 1140 g/mol. The molecule has 3 saturated heterocycles. The number of rotatable bonds is 21. The van der Waals surface area contributed by atoms with Crippen LogP contribution in [0.1, 0.15) is 228 Å². The molecule has 15 atom stereocenters. The predicted molar refractivity (Wildman–Crippen MR) is 353 cm³/mol. The molecule has 6 aliphatic rings. The number of methoxy groups -OCH3 is 6. The molecule has 0 aromatic heterocycles. The molecule has 0 bridgehead atoms. The van der Waals surface area contributed by atoms with E-state index in [1.807, 2.05) is 0 Å².